The first-order valence-electron chi connectivity index (χ1n) is 3.31. The molecule has 1 aromatic rings. The van der Waals surface area contributed by atoms with E-state index in [2.05, 4.69) is 0 Å². The van der Waals surface area contributed by atoms with Crippen molar-refractivity contribution < 1.29 is 4.42 Å². The van der Waals surface area contributed by atoms with Gasteiger partial charge in [0.15, 0.2) is 0 Å². The molecular formula is C8H14O. The summed E-state index contributed by atoms with van der Waals surface area (Å²) in [6, 6.07) is 2.00. The van der Waals surface area contributed by atoms with E-state index >= 15 is 0 Å². The Morgan fingerprint density at radius 2 is 1.78 bits per heavy atom. The third-order valence-corrected chi connectivity index (χ3v) is 0.862. The molecule has 0 spiro atoms. The van der Waals surface area contributed by atoms with E-state index in [0.717, 1.165) is 5.76 Å². The minimum absolute atomic E-state index is 0.984. The smallest absolute Gasteiger partial charge is 0.100 e. The van der Waals surface area contributed by atoms with Crippen LogP contribution in [-0.2, 0) is 0 Å². The van der Waals surface area contributed by atoms with Crippen molar-refractivity contribution in [2.75, 3.05) is 0 Å². The third-order valence-electron chi connectivity index (χ3n) is 0.862. The molecule has 52 valence electrons. The van der Waals surface area contributed by atoms with Crippen LogP contribution in [0.1, 0.15) is 25.2 Å². The van der Waals surface area contributed by atoms with Gasteiger partial charge in [-0.05, 0) is 25.5 Å². The first-order chi connectivity index (χ1) is 4.29. The number of rotatable bonds is 0. The minimum Gasteiger partial charge on any atom is -0.469 e. The zero-order valence-corrected chi connectivity index (χ0v) is 6.56. The summed E-state index contributed by atoms with van der Waals surface area (Å²) in [4.78, 5) is 0. The normalized spacial score (nSPS) is 8.00. The highest BCUT2D eigenvalue weighted by atomic mass is 16.3. The summed E-state index contributed by atoms with van der Waals surface area (Å²) < 4.78 is 4.96. The lowest BCUT2D eigenvalue weighted by atomic mass is 10.4. The summed E-state index contributed by atoms with van der Waals surface area (Å²) in [5.41, 5.74) is 1.19. The van der Waals surface area contributed by atoms with Gasteiger partial charge in [0, 0.05) is 0 Å². The van der Waals surface area contributed by atoms with E-state index < -0.39 is 0 Å². The van der Waals surface area contributed by atoms with E-state index in [-0.39, 0.29) is 0 Å². The quantitative estimate of drug-likeness (QED) is 0.521. The van der Waals surface area contributed by atoms with Gasteiger partial charge < -0.3 is 4.42 Å². The molecule has 0 N–H and O–H groups in total. The highest BCUT2D eigenvalue weighted by Gasteiger charge is 1.85. The topological polar surface area (TPSA) is 13.1 Å². The Balaban J connectivity index is 0.000000291. The molecule has 9 heavy (non-hydrogen) atoms. The summed E-state index contributed by atoms with van der Waals surface area (Å²) in [5.74, 6) is 0.984. The van der Waals surface area contributed by atoms with Crippen molar-refractivity contribution in [3.63, 3.8) is 0 Å². The Morgan fingerprint density at radius 1 is 1.22 bits per heavy atom. The van der Waals surface area contributed by atoms with E-state index in [1.807, 2.05) is 33.8 Å². The molecule has 0 aromatic carbocycles. The molecule has 1 nitrogen and oxygen atoms in total. The molecule has 0 amide bonds. The maximum atomic E-state index is 4.96. The fraction of sp³-hybridized carbons (Fsp3) is 0.500. The second kappa shape index (κ2) is 4.19. The second-order valence-electron chi connectivity index (χ2n) is 1.73. The lowest BCUT2D eigenvalue weighted by molar-refractivity contribution is 0.533. The summed E-state index contributed by atoms with van der Waals surface area (Å²) in [7, 11) is 0. The Morgan fingerprint density at radius 3 is 1.89 bits per heavy atom. The molecule has 1 heteroatoms. The lowest BCUT2D eigenvalue weighted by Gasteiger charge is -1.69. The van der Waals surface area contributed by atoms with Gasteiger partial charge in [-0.2, -0.15) is 0 Å². The van der Waals surface area contributed by atoms with E-state index in [9.17, 15) is 0 Å². The average molecular weight is 126 g/mol. The molecule has 0 aliphatic heterocycles. The molecule has 0 saturated carbocycles. The largest absolute Gasteiger partial charge is 0.469 e. The highest BCUT2D eigenvalue weighted by Crippen LogP contribution is 2.02. The zero-order valence-electron chi connectivity index (χ0n) is 6.56. The Bertz CT molecular complexity index is 137. The van der Waals surface area contributed by atoms with Gasteiger partial charge in [-0.15, -0.1) is 0 Å². The maximum absolute atomic E-state index is 4.96. The van der Waals surface area contributed by atoms with Crippen LogP contribution in [0.4, 0.5) is 0 Å². The van der Waals surface area contributed by atoms with Crippen LogP contribution in [0.25, 0.3) is 0 Å². The van der Waals surface area contributed by atoms with Gasteiger partial charge in [0.1, 0.15) is 5.76 Å². The van der Waals surface area contributed by atoms with Crippen molar-refractivity contribution in [1.82, 2.24) is 0 Å². The molecule has 0 bridgehead atoms. The molecule has 1 aromatic heterocycles. The highest BCUT2D eigenvalue weighted by molar-refractivity contribution is 5.08. The Kier molecular flexibility index (Phi) is 3.85. The van der Waals surface area contributed by atoms with Gasteiger partial charge >= 0.3 is 0 Å². The minimum atomic E-state index is 0.984. The second-order valence-corrected chi connectivity index (χ2v) is 1.73. The van der Waals surface area contributed by atoms with Crippen LogP contribution < -0.4 is 0 Å². The summed E-state index contributed by atoms with van der Waals surface area (Å²) >= 11 is 0. The van der Waals surface area contributed by atoms with Crippen molar-refractivity contribution >= 4 is 0 Å². The number of furan rings is 1. The number of hydrogen-bond acceptors (Lipinski definition) is 1. The number of aryl methyl sites for hydroxylation is 2. The molecule has 0 aliphatic carbocycles. The first-order valence-corrected chi connectivity index (χ1v) is 3.31. The molecule has 0 radical (unpaired) electrons. The average Bonchev–Trinajstić information content (AvgIpc) is 2.20. The molecule has 0 fully saturated rings. The third kappa shape index (κ3) is 2.96. The molecule has 1 heterocycles. The standard InChI is InChI=1S/C6H8O.C2H6/c1-5-3-6(2)7-4-5;1-2/h3-4H,1-2H3;1-2H3. The van der Waals surface area contributed by atoms with Gasteiger partial charge in [0.05, 0.1) is 6.26 Å². The van der Waals surface area contributed by atoms with Crippen molar-refractivity contribution in [2.45, 2.75) is 27.7 Å². The molecule has 0 atom stereocenters. The first kappa shape index (κ1) is 8.28. The Labute approximate surface area is 56.7 Å². The van der Waals surface area contributed by atoms with Crippen LogP contribution in [0.15, 0.2) is 16.7 Å². The number of hydrogen-bond donors (Lipinski definition) is 0. The zero-order chi connectivity index (χ0) is 7.28. The Hall–Kier alpha value is -0.720. The maximum Gasteiger partial charge on any atom is 0.100 e. The van der Waals surface area contributed by atoms with Gasteiger partial charge in [0.25, 0.3) is 0 Å². The predicted molar refractivity (Wildman–Crippen MR) is 39.5 cm³/mol. The molecule has 0 aliphatic rings. The predicted octanol–water partition coefficient (Wildman–Crippen LogP) is 2.92. The van der Waals surface area contributed by atoms with Gasteiger partial charge in [-0.1, -0.05) is 13.8 Å². The van der Waals surface area contributed by atoms with Crippen LogP contribution in [0, 0.1) is 13.8 Å². The van der Waals surface area contributed by atoms with Gasteiger partial charge in [0.2, 0.25) is 0 Å². The monoisotopic (exact) mass is 126 g/mol. The molecule has 0 unspecified atom stereocenters. The SMILES string of the molecule is CC.Cc1coc(C)c1. The molecular weight excluding hydrogens is 112 g/mol. The van der Waals surface area contributed by atoms with E-state index in [4.69, 9.17) is 4.42 Å². The van der Waals surface area contributed by atoms with E-state index in [1.54, 1.807) is 6.26 Å². The van der Waals surface area contributed by atoms with Gasteiger partial charge in [-0.25, -0.2) is 0 Å². The van der Waals surface area contributed by atoms with Gasteiger partial charge in [-0.3, -0.25) is 0 Å². The van der Waals surface area contributed by atoms with Crippen LogP contribution in [0.2, 0.25) is 0 Å². The van der Waals surface area contributed by atoms with Crippen molar-refractivity contribution in [1.29, 1.82) is 0 Å². The van der Waals surface area contributed by atoms with Crippen molar-refractivity contribution in [3.05, 3.63) is 23.7 Å². The van der Waals surface area contributed by atoms with Crippen LogP contribution >= 0.6 is 0 Å². The fourth-order valence-corrected chi connectivity index (χ4v) is 0.575. The van der Waals surface area contributed by atoms with Crippen LogP contribution in [0.5, 0.6) is 0 Å². The lowest BCUT2D eigenvalue weighted by Crippen LogP contribution is -1.53. The van der Waals surface area contributed by atoms with E-state index in [1.165, 1.54) is 5.56 Å². The fourth-order valence-electron chi connectivity index (χ4n) is 0.575. The van der Waals surface area contributed by atoms with E-state index in [0.29, 0.717) is 0 Å². The summed E-state index contributed by atoms with van der Waals surface area (Å²) in [6.07, 6.45) is 1.75. The van der Waals surface area contributed by atoms with Crippen LogP contribution in [-0.4, -0.2) is 0 Å². The summed E-state index contributed by atoms with van der Waals surface area (Å²) in [6.45, 7) is 7.95. The van der Waals surface area contributed by atoms with Crippen molar-refractivity contribution in [3.8, 4) is 0 Å². The molecule has 1 rings (SSSR count). The summed E-state index contributed by atoms with van der Waals surface area (Å²) in [5, 5.41) is 0. The van der Waals surface area contributed by atoms with Crippen molar-refractivity contribution in [2.24, 2.45) is 0 Å². The molecule has 0 saturated heterocycles. The van der Waals surface area contributed by atoms with Crippen LogP contribution in [0.3, 0.4) is 0 Å².